The van der Waals surface area contributed by atoms with E-state index in [0.717, 1.165) is 46.0 Å². The SMILES string of the molecule is C1=CCCC(n2c3ccccc3c3sc4c(ccc5c6ccccc6n(-c6nc(-c7ccccc7)c7ccccc7n6)c54)c32)=C1. The molecule has 0 bridgehead atoms. The number of aromatic nitrogens is 4. The Morgan fingerprint density at radius 1 is 0.556 bits per heavy atom. The molecule has 1 aliphatic carbocycles. The number of nitrogens with zero attached hydrogens (tertiary/aromatic N) is 4. The van der Waals surface area contributed by atoms with E-state index in [4.69, 9.17) is 9.97 Å². The molecule has 5 aromatic carbocycles. The predicted molar refractivity (Wildman–Crippen MR) is 190 cm³/mol. The maximum absolute atomic E-state index is 5.34. The Kier molecular flexibility index (Phi) is 5.24. The summed E-state index contributed by atoms with van der Waals surface area (Å²) in [4.78, 5) is 10.6. The van der Waals surface area contributed by atoms with Crippen LogP contribution in [-0.2, 0) is 0 Å². The fourth-order valence-electron chi connectivity index (χ4n) is 7.24. The van der Waals surface area contributed by atoms with Gasteiger partial charge in [0.2, 0.25) is 5.95 Å². The molecule has 0 atom stereocenters. The monoisotopic (exact) mass is 594 g/mol. The largest absolute Gasteiger partial charge is 0.311 e. The molecule has 0 spiro atoms. The number of thiophene rings is 1. The molecule has 5 heteroatoms. The van der Waals surface area contributed by atoms with E-state index in [-0.39, 0.29) is 0 Å². The van der Waals surface area contributed by atoms with Gasteiger partial charge in [0.05, 0.1) is 42.7 Å². The molecule has 0 amide bonds. The van der Waals surface area contributed by atoms with E-state index >= 15 is 0 Å². The van der Waals surface area contributed by atoms with E-state index in [0.29, 0.717) is 5.95 Å². The van der Waals surface area contributed by atoms with E-state index in [1.54, 1.807) is 0 Å². The number of fused-ring (bicyclic) bond motifs is 10. The van der Waals surface area contributed by atoms with Crippen LogP contribution in [0, 0.1) is 0 Å². The van der Waals surface area contributed by atoms with Gasteiger partial charge in [-0.05, 0) is 37.1 Å². The van der Waals surface area contributed by atoms with E-state index < -0.39 is 0 Å². The molecule has 10 rings (SSSR count). The quantitative estimate of drug-likeness (QED) is 0.204. The van der Waals surface area contributed by atoms with Gasteiger partial charge in [0, 0.05) is 38.2 Å². The van der Waals surface area contributed by atoms with Gasteiger partial charge >= 0.3 is 0 Å². The third kappa shape index (κ3) is 3.53. The summed E-state index contributed by atoms with van der Waals surface area (Å²) in [5, 5.41) is 6.04. The van der Waals surface area contributed by atoms with Crippen LogP contribution in [0.1, 0.15) is 12.8 Å². The molecular formula is C40H26N4S. The zero-order valence-corrected chi connectivity index (χ0v) is 25.1. The van der Waals surface area contributed by atoms with Crippen LogP contribution in [0.25, 0.3) is 86.8 Å². The molecule has 0 saturated carbocycles. The third-order valence-electron chi connectivity index (χ3n) is 9.20. The number of benzene rings is 5. The Balaban J connectivity index is 1.37. The standard InChI is InChI=1S/C40H26N4S/c1-3-13-25(14-4-1)35-29-18-7-10-20-32(29)41-40(42-35)44-33-21-11-8-17-27(33)28-23-24-31-37-38(45-39(31)36(28)44)30-19-9-12-22-34(30)43(37)26-15-5-2-6-16-26/h1-5,7-15,17-24H,6,16H2. The van der Waals surface area contributed by atoms with Gasteiger partial charge in [-0.3, -0.25) is 4.57 Å². The van der Waals surface area contributed by atoms with E-state index in [2.05, 4.69) is 143 Å². The molecule has 0 unspecified atom stereocenters. The van der Waals surface area contributed by atoms with Crippen LogP contribution < -0.4 is 0 Å². The molecule has 0 fully saturated rings. The summed E-state index contributed by atoms with van der Waals surface area (Å²) in [6, 6.07) is 40.9. The van der Waals surface area contributed by atoms with Crippen molar-refractivity contribution in [1.29, 1.82) is 0 Å². The summed E-state index contributed by atoms with van der Waals surface area (Å²) in [5.41, 5.74) is 9.15. The van der Waals surface area contributed by atoms with Gasteiger partial charge in [-0.25, -0.2) is 9.97 Å². The minimum atomic E-state index is 0.692. The normalized spacial score (nSPS) is 13.6. The Bertz CT molecular complexity index is 2700. The molecule has 0 N–H and O–H groups in total. The Labute approximate surface area is 262 Å². The average Bonchev–Trinajstić information content (AvgIpc) is 3.76. The highest BCUT2D eigenvalue weighted by atomic mass is 32.1. The van der Waals surface area contributed by atoms with Crippen LogP contribution in [0.2, 0.25) is 0 Å². The lowest BCUT2D eigenvalue weighted by molar-refractivity contribution is 0.981. The van der Waals surface area contributed by atoms with Crippen LogP contribution in [-0.4, -0.2) is 19.1 Å². The summed E-state index contributed by atoms with van der Waals surface area (Å²) in [7, 11) is 0. The molecule has 0 aliphatic heterocycles. The second-order valence-corrected chi connectivity index (χ2v) is 12.7. The zero-order valence-electron chi connectivity index (χ0n) is 24.3. The molecule has 0 radical (unpaired) electrons. The van der Waals surface area contributed by atoms with Gasteiger partial charge in [0.25, 0.3) is 0 Å². The molecule has 212 valence electrons. The summed E-state index contributed by atoms with van der Waals surface area (Å²) in [6.07, 6.45) is 8.82. The highest BCUT2D eigenvalue weighted by molar-refractivity contribution is 7.27. The second kappa shape index (κ2) is 9.49. The number of hydrogen-bond acceptors (Lipinski definition) is 3. The third-order valence-corrected chi connectivity index (χ3v) is 10.4. The molecule has 0 saturated heterocycles. The summed E-state index contributed by atoms with van der Waals surface area (Å²) < 4.78 is 7.39. The van der Waals surface area contributed by atoms with Gasteiger partial charge in [0.1, 0.15) is 0 Å². The zero-order chi connectivity index (χ0) is 29.5. The van der Waals surface area contributed by atoms with Gasteiger partial charge < -0.3 is 4.57 Å². The van der Waals surface area contributed by atoms with Gasteiger partial charge in [-0.1, -0.05) is 109 Å². The Morgan fingerprint density at radius 2 is 1.22 bits per heavy atom. The number of allylic oxidation sites excluding steroid dienone is 4. The van der Waals surface area contributed by atoms with Crippen molar-refractivity contribution in [3.8, 4) is 17.2 Å². The molecule has 4 heterocycles. The Hall–Kier alpha value is -5.52. The first-order chi connectivity index (χ1) is 22.3. The first-order valence-electron chi connectivity index (χ1n) is 15.4. The van der Waals surface area contributed by atoms with Crippen molar-refractivity contribution in [2.24, 2.45) is 0 Å². The average molecular weight is 595 g/mol. The Morgan fingerprint density at radius 3 is 2.04 bits per heavy atom. The van der Waals surface area contributed by atoms with Crippen molar-refractivity contribution in [2.75, 3.05) is 0 Å². The molecular weight excluding hydrogens is 569 g/mol. The van der Waals surface area contributed by atoms with Crippen molar-refractivity contribution < 1.29 is 0 Å². The van der Waals surface area contributed by atoms with Crippen LogP contribution in [0.4, 0.5) is 0 Å². The minimum absolute atomic E-state index is 0.692. The summed E-state index contributed by atoms with van der Waals surface area (Å²) in [6.45, 7) is 0. The van der Waals surface area contributed by atoms with Crippen LogP contribution in [0.5, 0.6) is 0 Å². The number of para-hydroxylation sites is 3. The highest BCUT2D eigenvalue weighted by Gasteiger charge is 2.24. The first-order valence-corrected chi connectivity index (χ1v) is 16.2. The summed E-state index contributed by atoms with van der Waals surface area (Å²) >= 11 is 1.89. The van der Waals surface area contributed by atoms with Crippen molar-refractivity contribution >= 4 is 80.9 Å². The van der Waals surface area contributed by atoms with Gasteiger partial charge in [-0.2, -0.15) is 0 Å². The molecule has 1 aliphatic rings. The molecule has 4 nitrogen and oxygen atoms in total. The lowest BCUT2D eigenvalue weighted by atomic mass is 10.1. The maximum Gasteiger partial charge on any atom is 0.235 e. The highest BCUT2D eigenvalue weighted by Crippen LogP contribution is 2.47. The fraction of sp³-hybridized carbons (Fsp3) is 0.0500. The van der Waals surface area contributed by atoms with Crippen molar-refractivity contribution in [1.82, 2.24) is 19.1 Å². The second-order valence-electron chi connectivity index (χ2n) is 11.7. The number of hydrogen-bond donors (Lipinski definition) is 0. The van der Waals surface area contributed by atoms with Crippen LogP contribution in [0.3, 0.4) is 0 Å². The molecule has 9 aromatic rings. The van der Waals surface area contributed by atoms with Crippen molar-refractivity contribution in [2.45, 2.75) is 12.8 Å². The predicted octanol–water partition coefficient (Wildman–Crippen LogP) is 10.9. The topological polar surface area (TPSA) is 35.6 Å². The minimum Gasteiger partial charge on any atom is -0.311 e. The van der Waals surface area contributed by atoms with Crippen LogP contribution in [0.15, 0.2) is 133 Å². The lowest BCUT2D eigenvalue weighted by Gasteiger charge is -2.14. The number of rotatable bonds is 3. The van der Waals surface area contributed by atoms with E-state index in [1.165, 1.54) is 47.7 Å². The van der Waals surface area contributed by atoms with E-state index in [1.807, 2.05) is 11.3 Å². The smallest absolute Gasteiger partial charge is 0.235 e. The lowest BCUT2D eigenvalue weighted by Crippen LogP contribution is -2.03. The fourth-order valence-corrected chi connectivity index (χ4v) is 8.60. The van der Waals surface area contributed by atoms with Gasteiger partial charge in [-0.15, -0.1) is 11.3 Å². The van der Waals surface area contributed by atoms with Gasteiger partial charge in [0.15, 0.2) is 0 Å². The van der Waals surface area contributed by atoms with Crippen molar-refractivity contribution in [3.63, 3.8) is 0 Å². The van der Waals surface area contributed by atoms with Crippen molar-refractivity contribution in [3.05, 3.63) is 133 Å². The maximum atomic E-state index is 5.34. The molecule has 4 aromatic heterocycles. The molecule has 45 heavy (non-hydrogen) atoms. The summed E-state index contributed by atoms with van der Waals surface area (Å²) in [5.74, 6) is 0.692. The first kappa shape index (κ1) is 24.9. The van der Waals surface area contributed by atoms with E-state index in [9.17, 15) is 0 Å². The van der Waals surface area contributed by atoms with Crippen LogP contribution >= 0.6 is 11.3 Å².